The van der Waals surface area contributed by atoms with Crippen molar-refractivity contribution in [3.8, 4) is 11.3 Å². The van der Waals surface area contributed by atoms with E-state index < -0.39 is 0 Å². The van der Waals surface area contributed by atoms with Gasteiger partial charge in [-0.1, -0.05) is 43.7 Å². The fraction of sp³-hybridized carbons (Fsp3) is 0.192. The van der Waals surface area contributed by atoms with Crippen molar-refractivity contribution >= 4 is 29.4 Å². The summed E-state index contributed by atoms with van der Waals surface area (Å²) in [6.07, 6.45) is 3.53. The van der Waals surface area contributed by atoms with Crippen molar-refractivity contribution in [2.45, 2.75) is 26.7 Å². The quantitative estimate of drug-likeness (QED) is 0.274. The van der Waals surface area contributed by atoms with Crippen LogP contribution in [0.3, 0.4) is 0 Å². The molecule has 0 unspecified atom stereocenters. The first kappa shape index (κ1) is 21.3. The third kappa shape index (κ3) is 4.54. The van der Waals surface area contributed by atoms with E-state index in [0.717, 1.165) is 18.4 Å². The fourth-order valence-electron chi connectivity index (χ4n) is 3.32. The van der Waals surface area contributed by atoms with Gasteiger partial charge >= 0.3 is 5.97 Å². The first-order chi connectivity index (χ1) is 15.6. The molecule has 2 heterocycles. The van der Waals surface area contributed by atoms with Crippen LogP contribution in [0.5, 0.6) is 0 Å². The van der Waals surface area contributed by atoms with Crippen LogP contribution in [0.25, 0.3) is 17.4 Å². The van der Waals surface area contributed by atoms with Crippen molar-refractivity contribution in [1.82, 2.24) is 0 Å². The van der Waals surface area contributed by atoms with Crippen LogP contribution in [0.4, 0.5) is 5.69 Å². The molecule has 1 aliphatic rings. The normalized spacial score (nSPS) is 14.7. The predicted octanol–water partition coefficient (Wildman–Crippen LogP) is 5.71. The van der Waals surface area contributed by atoms with Gasteiger partial charge in [0.1, 0.15) is 11.5 Å². The first-order valence-electron chi connectivity index (χ1n) is 10.6. The van der Waals surface area contributed by atoms with Gasteiger partial charge < -0.3 is 9.15 Å². The van der Waals surface area contributed by atoms with Gasteiger partial charge in [-0.3, -0.25) is 4.79 Å². The Kier molecular flexibility index (Phi) is 6.31. The maximum atomic E-state index is 12.9. The number of furan rings is 1. The highest BCUT2D eigenvalue weighted by atomic mass is 16.5. The van der Waals surface area contributed by atoms with Crippen LogP contribution >= 0.6 is 0 Å². The summed E-state index contributed by atoms with van der Waals surface area (Å²) in [6.45, 7) is 4.28. The van der Waals surface area contributed by atoms with Crippen LogP contribution in [0.1, 0.15) is 42.8 Å². The molecule has 162 valence electrons. The van der Waals surface area contributed by atoms with Crippen LogP contribution in [0.15, 0.2) is 81.8 Å². The van der Waals surface area contributed by atoms with Gasteiger partial charge in [0.25, 0.3) is 5.91 Å². The Morgan fingerprint density at radius 2 is 1.81 bits per heavy atom. The van der Waals surface area contributed by atoms with E-state index in [1.165, 1.54) is 5.01 Å². The van der Waals surface area contributed by atoms with E-state index in [1.807, 2.05) is 55.5 Å². The van der Waals surface area contributed by atoms with E-state index in [0.29, 0.717) is 40.7 Å². The lowest BCUT2D eigenvalue weighted by molar-refractivity contribution is -0.114. The molecule has 0 saturated carbocycles. The molecule has 32 heavy (non-hydrogen) atoms. The number of rotatable bonds is 7. The molecule has 0 bridgehead atoms. The summed E-state index contributed by atoms with van der Waals surface area (Å²) in [5.41, 5.74) is 3.16. The summed E-state index contributed by atoms with van der Waals surface area (Å²) in [5, 5.41) is 5.77. The number of para-hydroxylation sites is 1. The van der Waals surface area contributed by atoms with Crippen molar-refractivity contribution in [2.24, 2.45) is 5.10 Å². The number of nitrogens with zero attached hydrogens (tertiary/aromatic N) is 2. The zero-order valence-electron chi connectivity index (χ0n) is 18.1. The van der Waals surface area contributed by atoms with Gasteiger partial charge in [-0.25, -0.2) is 4.79 Å². The maximum absolute atomic E-state index is 12.9. The summed E-state index contributed by atoms with van der Waals surface area (Å²) in [6, 6.07) is 20.0. The van der Waals surface area contributed by atoms with Crippen LogP contribution < -0.4 is 5.01 Å². The number of hydrogen-bond acceptors (Lipinski definition) is 5. The molecule has 0 fully saturated rings. The molecule has 3 aromatic rings. The van der Waals surface area contributed by atoms with Crippen molar-refractivity contribution in [3.05, 3.63) is 83.6 Å². The summed E-state index contributed by atoms with van der Waals surface area (Å²) < 4.78 is 11.2. The SMILES string of the molecule is CCCCOC(=O)c1ccc(-c2ccc(C=C3C(=O)N(c4ccccc4)N=C3C)o2)cc1. The number of amides is 1. The molecule has 1 aliphatic heterocycles. The number of carbonyl (C=O) groups is 2. The average molecular weight is 428 g/mol. The number of ether oxygens (including phenoxy) is 1. The molecule has 1 aromatic heterocycles. The molecule has 2 aromatic carbocycles. The molecule has 0 aliphatic carbocycles. The standard InChI is InChI=1S/C26H24N2O4/c1-3-4-16-31-26(30)20-12-10-19(11-13-20)24-15-14-22(32-24)17-23-18(2)27-28(25(23)29)21-8-6-5-7-9-21/h5-15,17H,3-4,16H2,1-2H3. The second-order valence-electron chi connectivity index (χ2n) is 7.46. The smallest absolute Gasteiger partial charge is 0.338 e. The zero-order valence-corrected chi connectivity index (χ0v) is 18.1. The van der Waals surface area contributed by atoms with E-state index in [-0.39, 0.29) is 11.9 Å². The minimum Gasteiger partial charge on any atom is -0.462 e. The third-order valence-electron chi connectivity index (χ3n) is 5.11. The van der Waals surface area contributed by atoms with Crippen LogP contribution in [-0.4, -0.2) is 24.2 Å². The average Bonchev–Trinajstić information content (AvgIpc) is 3.40. The maximum Gasteiger partial charge on any atom is 0.338 e. The summed E-state index contributed by atoms with van der Waals surface area (Å²) in [7, 11) is 0. The Morgan fingerprint density at radius 1 is 1.06 bits per heavy atom. The third-order valence-corrected chi connectivity index (χ3v) is 5.11. The van der Waals surface area contributed by atoms with Crippen molar-refractivity contribution < 1.29 is 18.7 Å². The Hall–Kier alpha value is -3.93. The Bertz CT molecular complexity index is 1170. The van der Waals surface area contributed by atoms with Crippen LogP contribution in [0, 0.1) is 0 Å². The molecule has 4 rings (SSSR count). The minimum atomic E-state index is -0.327. The topological polar surface area (TPSA) is 72.1 Å². The lowest BCUT2D eigenvalue weighted by Gasteiger charge is -2.10. The van der Waals surface area contributed by atoms with E-state index in [4.69, 9.17) is 9.15 Å². The Labute approximate surface area is 186 Å². The number of hydrogen-bond donors (Lipinski definition) is 0. The van der Waals surface area contributed by atoms with Gasteiger partial charge in [0.2, 0.25) is 0 Å². The van der Waals surface area contributed by atoms with Gasteiger partial charge in [-0.05, 0) is 55.8 Å². The number of unbranched alkanes of at least 4 members (excludes halogenated alkanes) is 1. The van der Waals surface area contributed by atoms with E-state index in [9.17, 15) is 9.59 Å². The second kappa shape index (κ2) is 9.47. The van der Waals surface area contributed by atoms with Gasteiger partial charge in [0.05, 0.1) is 29.1 Å². The molecule has 6 nitrogen and oxygen atoms in total. The number of anilines is 1. The van der Waals surface area contributed by atoms with Gasteiger partial charge in [0, 0.05) is 5.56 Å². The molecule has 0 radical (unpaired) electrons. The van der Waals surface area contributed by atoms with Gasteiger partial charge in [0.15, 0.2) is 0 Å². The van der Waals surface area contributed by atoms with Crippen molar-refractivity contribution in [2.75, 3.05) is 11.6 Å². The summed E-state index contributed by atoms with van der Waals surface area (Å²) in [4.78, 5) is 24.9. The molecule has 0 saturated heterocycles. The molecule has 0 spiro atoms. The molecular weight excluding hydrogens is 404 g/mol. The Morgan fingerprint density at radius 3 is 2.53 bits per heavy atom. The summed E-state index contributed by atoms with van der Waals surface area (Å²) >= 11 is 0. The predicted molar refractivity (Wildman–Crippen MR) is 124 cm³/mol. The van der Waals surface area contributed by atoms with Crippen molar-refractivity contribution in [1.29, 1.82) is 0 Å². The van der Waals surface area contributed by atoms with E-state index >= 15 is 0 Å². The lowest BCUT2D eigenvalue weighted by atomic mass is 10.1. The number of hydrazone groups is 1. The van der Waals surface area contributed by atoms with Crippen LogP contribution in [0.2, 0.25) is 0 Å². The van der Waals surface area contributed by atoms with E-state index in [2.05, 4.69) is 5.10 Å². The van der Waals surface area contributed by atoms with Gasteiger partial charge in [-0.2, -0.15) is 10.1 Å². The lowest BCUT2D eigenvalue weighted by Crippen LogP contribution is -2.21. The molecule has 6 heteroatoms. The summed E-state index contributed by atoms with van der Waals surface area (Å²) in [5.74, 6) is 0.670. The van der Waals surface area contributed by atoms with Crippen LogP contribution in [-0.2, 0) is 9.53 Å². The Balaban J connectivity index is 1.48. The highest BCUT2D eigenvalue weighted by Crippen LogP contribution is 2.27. The molecule has 0 N–H and O–H groups in total. The van der Waals surface area contributed by atoms with E-state index in [1.54, 1.807) is 31.2 Å². The number of benzene rings is 2. The largest absolute Gasteiger partial charge is 0.462 e. The zero-order chi connectivity index (χ0) is 22.5. The first-order valence-corrected chi connectivity index (χ1v) is 10.6. The highest BCUT2D eigenvalue weighted by molar-refractivity contribution is 6.32. The molecule has 1 amide bonds. The second-order valence-corrected chi connectivity index (χ2v) is 7.46. The molecule has 0 atom stereocenters. The van der Waals surface area contributed by atoms with Crippen molar-refractivity contribution in [3.63, 3.8) is 0 Å². The highest BCUT2D eigenvalue weighted by Gasteiger charge is 2.28. The monoisotopic (exact) mass is 428 g/mol. The number of esters is 1. The minimum absolute atomic E-state index is 0.197. The fourth-order valence-corrected chi connectivity index (χ4v) is 3.32. The van der Waals surface area contributed by atoms with Gasteiger partial charge in [-0.15, -0.1) is 0 Å². The number of carbonyl (C=O) groups excluding carboxylic acids is 2. The molecular formula is C26H24N2O4.